The Morgan fingerprint density at radius 3 is 2.69 bits per heavy atom. The molecule has 1 aliphatic carbocycles. The number of amides is 4. The second kappa shape index (κ2) is 8.59. The first kappa shape index (κ1) is 20.8. The van der Waals surface area contributed by atoms with Crippen molar-refractivity contribution in [1.82, 2.24) is 10.2 Å². The van der Waals surface area contributed by atoms with Gasteiger partial charge in [0.2, 0.25) is 0 Å². The van der Waals surface area contributed by atoms with E-state index in [1.807, 2.05) is 0 Å². The normalized spacial score (nSPS) is 17.5. The fourth-order valence-electron chi connectivity index (χ4n) is 3.66. The summed E-state index contributed by atoms with van der Waals surface area (Å²) in [6.45, 7) is 1.23. The van der Waals surface area contributed by atoms with Crippen LogP contribution in [-0.2, 0) is 19.1 Å². The van der Waals surface area contributed by atoms with Crippen LogP contribution in [0.25, 0.3) is 0 Å². The monoisotopic (exact) mass is 405 g/mol. The van der Waals surface area contributed by atoms with Gasteiger partial charge in [0.25, 0.3) is 11.8 Å². The molecule has 2 fully saturated rings. The molecule has 2 N–H and O–H groups in total. The van der Waals surface area contributed by atoms with Crippen LogP contribution < -0.4 is 10.6 Å². The van der Waals surface area contributed by atoms with Gasteiger partial charge in [0.15, 0.2) is 6.61 Å². The zero-order chi connectivity index (χ0) is 21.0. The topological polar surface area (TPSA) is 105 Å². The first-order chi connectivity index (χ1) is 13.8. The van der Waals surface area contributed by atoms with E-state index in [0.717, 1.165) is 17.7 Å². The molecule has 156 valence electrons. The minimum atomic E-state index is -0.759. The average Bonchev–Trinajstić information content (AvgIpc) is 3.23. The lowest BCUT2D eigenvalue weighted by molar-refractivity contribution is -0.147. The molecule has 1 aromatic carbocycles. The van der Waals surface area contributed by atoms with Gasteiger partial charge in [-0.3, -0.25) is 19.3 Å². The minimum Gasteiger partial charge on any atom is -0.456 e. The minimum absolute atomic E-state index is 0.0313. The van der Waals surface area contributed by atoms with Crippen LogP contribution in [0.2, 0.25) is 0 Å². The molecule has 0 radical (unpaired) electrons. The van der Waals surface area contributed by atoms with Gasteiger partial charge < -0.3 is 15.4 Å². The molecule has 0 bridgehead atoms. The number of aryl methyl sites for hydroxylation is 1. The number of ether oxygens (including phenoxy) is 1. The van der Waals surface area contributed by atoms with Crippen molar-refractivity contribution in [2.75, 3.05) is 18.5 Å². The largest absolute Gasteiger partial charge is 0.456 e. The number of urea groups is 1. The predicted octanol–water partition coefficient (Wildman–Crippen LogP) is 2.26. The third-order valence-corrected chi connectivity index (χ3v) is 5.29. The molecule has 2 aliphatic rings. The molecular weight excluding hydrogens is 381 g/mol. The standard InChI is InChI=1S/C20H24FN3O5/c1-13-6-7-14(11-15(13)21)22-16(25)12-29-17(26)5-4-10-24-18(27)20(23-19(24)28)8-2-3-9-20/h6-7,11H,2-5,8-10,12H2,1H3,(H,22,25)(H,23,28). The van der Waals surface area contributed by atoms with E-state index in [1.165, 1.54) is 12.1 Å². The summed E-state index contributed by atoms with van der Waals surface area (Å²) in [5.41, 5.74) is -0.0301. The second-order valence-corrected chi connectivity index (χ2v) is 7.45. The van der Waals surface area contributed by atoms with Gasteiger partial charge in [-0.05, 0) is 43.9 Å². The molecule has 0 unspecified atom stereocenters. The second-order valence-electron chi connectivity index (χ2n) is 7.45. The van der Waals surface area contributed by atoms with E-state index in [1.54, 1.807) is 13.0 Å². The maximum Gasteiger partial charge on any atom is 0.325 e. The van der Waals surface area contributed by atoms with E-state index in [-0.39, 0.29) is 31.0 Å². The molecule has 0 atom stereocenters. The number of rotatable bonds is 7. The third kappa shape index (κ3) is 4.72. The Kier molecular flexibility index (Phi) is 6.14. The fraction of sp³-hybridized carbons (Fsp3) is 0.500. The molecule has 8 nitrogen and oxygen atoms in total. The fourth-order valence-corrected chi connectivity index (χ4v) is 3.66. The first-order valence-corrected chi connectivity index (χ1v) is 9.66. The van der Waals surface area contributed by atoms with Crippen LogP contribution in [0, 0.1) is 12.7 Å². The molecule has 1 spiro atoms. The van der Waals surface area contributed by atoms with Crippen molar-refractivity contribution in [1.29, 1.82) is 0 Å². The summed E-state index contributed by atoms with van der Waals surface area (Å²) in [5.74, 6) is -1.87. The Hall–Kier alpha value is -2.97. The first-order valence-electron chi connectivity index (χ1n) is 9.66. The molecule has 0 aromatic heterocycles. The molecule has 1 saturated carbocycles. The molecule has 4 amide bonds. The Labute approximate surface area is 167 Å². The highest BCUT2D eigenvalue weighted by atomic mass is 19.1. The van der Waals surface area contributed by atoms with Gasteiger partial charge in [-0.2, -0.15) is 0 Å². The number of esters is 1. The summed E-state index contributed by atoms with van der Waals surface area (Å²) in [5, 5.41) is 5.22. The van der Waals surface area contributed by atoms with Crippen LogP contribution in [-0.4, -0.2) is 47.4 Å². The van der Waals surface area contributed by atoms with Crippen LogP contribution in [0.4, 0.5) is 14.9 Å². The molecule has 1 aromatic rings. The Morgan fingerprint density at radius 2 is 2.00 bits per heavy atom. The number of halogens is 1. The number of nitrogens with one attached hydrogen (secondary N) is 2. The molecule has 3 rings (SSSR count). The van der Waals surface area contributed by atoms with Crippen molar-refractivity contribution in [2.24, 2.45) is 0 Å². The molecular formula is C20H24FN3O5. The summed E-state index contributed by atoms with van der Waals surface area (Å²) in [6.07, 6.45) is 3.33. The Balaban J connectivity index is 1.38. The number of imide groups is 1. The lowest BCUT2D eigenvalue weighted by Gasteiger charge is -2.19. The van der Waals surface area contributed by atoms with Crippen molar-refractivity contribution >= 4 is 29.5 Å². The van der Waals surface area contributed by atoms with Gasteiger partial charge in [-0.1, -0.05) is 18.9 Å². The van der Waals surface area contributed by atoms with Crippen molar-refractivity contribution < 1.29 is 28.3 Å². The molecule has 9 heteroatoms. The quantitative estimate of drug-likeness (QED) is 0.535. The van der Waals surface area contributed by atoms with E-state index in [4.69, 9.17) is 4.74 Å². The number of benzene rings is 1. The van der Waals surface area contributed by atoms with E-state index < -0.39 is 35.9 Å². The van der Waals surface area contributed by atoms with Crippen molar-refractivity contribution in [3.8, 4) is 0 Å². The number of carbonyl (C=O) groups excluding carboxylic acids is 4. The number of carbonyl (C=O) groups is 4. The predicted molar refractivity (Wildman–Crippen MR) is 101 cm³/mol. The van der Waals surface area contributed by atoms with E-state index in [9.17, 15) is 23.6 Å². The molecule has 1 heterocycles. The average molecular weight is 405 g/mol. The van der Waals surface area contributed by atoms with Crippen molar-refractivity contribution in [3.05, 3.63) is 29.6 Å². The summed E-state index contributed by atoms with van der Waals surface area (Å²) in [6, 6.07) is 3.84. The highest BCUT2D eigenvalue weighted by Gasteiger charge is 2.52. The molecule has 29 heavy (non-hydrogen) atoms. The summed E-state index contributed by atoms with van der Waals surface area (Å²) < 4.78 is 18.4. The van der Waals surface area contributed by atoms with Crippen molar-refractivity contribution in [2.45, 2.75) is 51.0 Å². The van der Waals surface area contributed by atoms with Crippen LogP contribution in [0.3, 0.4) is 0 Å². The van der Waals surface area contributed by atoms with E-state index >= 15 is 0 Å². The third-order valence-electron chi connectivity index (χ3n) is 5.29. The van der Waals surface area contributed by atoms with Gasteiger partial charge >= 0.3 is 12.0 Å². The zero-order valence-electron chi connectivity index (χ0n) is 16.3. The van der Waals surface area contributed by atoms with Gasteiger partial charge in [0.05, 0.1) is 0 Å². The van der Waals surface area contributed by atoms with E-state index in [2.05, 4.69) is 10.6 Å². The highest BCUT2D eigenvalue weighted by Crippen LogP contribution is 2.35. The maximum absolute atomic E-state index is 13.5. The van der Waals surface area contributed by atoms with Gasteiger partial charge in [0, 0.05) is 18.7 Å². The van der Waals surface area contributed by atoms with E-state index in [0.29, 0.717) is 18.4 Å². The van der Waals surface area contributed by atoms with Crippen LogP contribution in [0.15, 0.2) is 18.2 Å². The number of nitrogens with zero attached hydrogens (tertiary/aromatic N) is 1. The summed E-state index contributed by atoms with van der Waals surface area (Å²) in [4.78, 5) is 49.3. The molecule has 1 aliphatic heterocycles. The highest BCUT2D eigenvalue weighted by molar-refractivity contribution is 6.07. The van der Waals surface area contributed by atoms with Crippen LogP contribution >= 0.6 is 0 Å². The Morgan fingerprint density at radius 1 is 1.28 bits per heavy atom. The summed E-state index contributed by atoms with van der Waals surface area (Å²) in [7, 11) is 0. The zero-order valence-corrected chi connectivity index (χ0v) is 16.3. The maximum atomic E-state index is 13.5. The van der Waals surface area contributed by atoms with Gasteiger partial charge in [-0.25, -0.2) is 9.18 Å². The SMILES string of the molecule is Cc1ccc(NC(=O)COC(=O)CCCN2C(=O)NC3(CCCC3)C2=O)cc1F. The lowest BCUT2D eigenvalue weighted by Crippen LogP contribution is -2.44. The number of hydrogen-bond acceptors (Lipinski definition) is 5. The molecule has 1 saturated heterocycles. The number of hydrogen-bond donors (Lipinski definition) is 2. The number of anilines is 1. The van der Waals surface area contributed by atoms with Crippen LogP contribution in [0.5, 0.6) is 0 Å². The summed E-state index contributed by atoms with van der Waals surface area (Å²) >= 11 is 0. The van der Waals surface area contributed by atoms with Gasteiger partial charge in [0.1, 0.15) is 11.4 Å². The van der Waals surface area contributed by atoms with Crippen molar-refractivity contribution in [3.63, 3.8) is 0 Å². The van der Waals surface area contributed by atoms with Gasteiger partial charge in [-0.15, -0.1) is 0 Å². The Bertz CT molecular complexity index is 835. The lowest BCUT2D eigenvalue weighted by atomic mass is 9.98. The smallest absolute Gasteiger partial charge is 0.325 e. The van der Waals surface area contributed by atoms with Crippen LogP contribution in [0.1, 0.15) is 44.1 Å².